The fourth-order valence-corrected chi connectivity index (χ4v) is 3.01. The maximum atomic E-state index is 11.0. The summed E-state index contributed by atoms with van der Waals surface area (Å²) in [5, 5.41) is 14.3. The molecular weight excluding hydrogens is 351 g/mol. The van der Waals surface area contributed by atoms with Crippen LogP contribution in [0.2, 0.25) is 10.0 Å². The number of aromatic nitrogens is 1. The van der Waals surface area contributed by atoms with Gasteiger partial charge in [-0.2, -0.15) is 0 Å². The molecule has 2 aromatic carbocycles. The number of aryl methyl sites for hydroxylation is 1. The number of rotatable bonds is 6. The van der Waals surface area contributed by atoms with Gasteiger partial charge in [-0.15, -0.1) is 4.91 Å². The normalized spacial score (nSPS) is 10.9. The van der Waals surface area contributed by atoms with Gasteiger partial charge < -0.3 is 14.4 Å². The quantitative estimate of drug-likeness (QED) is 0.462. The summed E-state index contributed by atoms with van der Waals surface area (Å²) in [6.45, 7) is 0.857. The van der Waals surface area contributed by atoms with Gasteiger partial charge in [-0.05, 0) is 35.9 Å². The van der Waals surface area contributed by atoms with Crippen molar-refractivity contribution >= 4 is 39.8 Å². The molecule has 0 aliphatic heterocycles. The lowest BCUT2D eigenvalue weighted by Crippen LogP contribution is -2.04. The van der Waals surface area contributed by atoms with Gasteiger partial charge in [0.2, 0.25) is 5.88 Å². The number of hydrogen-bond donors (Lipinski definition) is 1. The van der Waals surface area contributed by atoms with Gasteiger partial charge in [-0.3, -0.25) is 0 Å². The molecule has 1 aromatic heterocycles. The smallest absolute Gasteiger partial charge is 0.222 e. The minimum Gasteiger partial charge on any atom is -0.494 e. The number of aromatic hydroxyl groups is 1. The van der Waals surface area contributed by atoms with E-state index in [1.807, 2.05) is 30.3 Å². The number of ether oxygens (including phenoxy) is 1. The fraction of sp³-hybridized carbons (Fsp3) is 0.176. The van der Waals surface area contributed by atoms with E-state index in [1.165, 1.54) is 4.57 Å². The van der Waals surface area contributed by atoms with Crippen LogP contribution in [0.1, 0.15) is 6.42 Å². The van der Waals surface area contributed by atoms with Crippen molar-refractivity contribution in [2.75, 3.05) is 6.61 Å². The maximum Gasteiger partial charge on any atom is 0.222 e. The van der Waals surface area contributed by atoms with Gasteiger partial charge >= 0.3 is 0 Å². The van der Waals surface area contributed by atoms with Crippen LogP contribution in [0.25, 0.3) is 10.9 Å². The third-order valence-electron chi connectivity index (χ3n) is 3.69. The standard InChI is InChI=1S/C17H14Cl2N2O3/c18-13-8-7-12-15(20-23)17(22)21(16(12)14(13)19)9-4-10-24-11-5-2-1-3-6-11/h1-3,5-8,22H,4,9-10H2. The molecule has 0 saturated heterocycles. The SMILES string of the molecule is O=Nc1c(O)n(CCCOc2ccccc2)c2c(Cl)c(Cl)ccc12. The number of halogens is 2. The Morgan fingerprint density at radius 2 is 1.88 bits per heavy atom. The van der Waals surface area contributed by atoms with Gasteiger partial charge in [0.15, 0.2) is 5.69 Å². The van der Waals surface area contributed by atoms with Crippen molar-refractivity contribution in [1.82, 2.24) is 4.57 Å². The van der Waals surface area contributed by atoms with Gasteiger partial charge in [0.05, 0.1) is 22.2 Å². The van der Waals surface area contributed by atoms with Crippen molar-refractivity contribution in [3.8, 4) is 11.6 Å². The van der Waals surface area contributed by atoms with E-state index in [-0.39, 0.29) is 16.6 Å². The summed E-state index contributed by atoms with van der Waals surface area (Å²) >= 11 is 12.3. The highest BCUT2D eigenvalue weighted by Crippen LogP contribution is 2.43. The molecule has 124 valence electrons. The second-order valence-corrected chi connectivity index (χ2v) is 5.97. The van der Waals surface area contributed by atoms with E-state index in [1.54, 1.807) is 12.1 Å². The fourth-order valence-electron chi connectivity index (χ4n) is 2.59. The number of nitrogens with zero attached hydrogens (tertiary/aromatic N) is 2. The average molecular weight is 365 g/mol. The minimum absolute atomic E-state index is 0.0347. The van der Waals surface area contributed by atoms with Crippen LogP contribution in [-0.4, -0.2) is 16.3 Å². The predicted octanol–water partition coefficient (Wildman–Crippen LogP) is 5.52. The summed E-state index contributed by atoms with van der Waals surface area (Å²) in [5.41, 5.74) is 0.462. The first-order chi connectivity index (χ1) is 11.6. The molecule has 0 bridgehead atoms. The average Bonchev–Trinajstić information content (AvgIpc) is 2.88. The molecular formula is C17H14Cl2N2O3. The van der Waals surface area contributed by atoms with Gasteiger partial charge in [0, 0.05) is 11.9 Å². The Bertz CT molecular complexity index is 879. The molecule has 1 heterocycles. The Labute approximate surface area is 148 Å². The van der Waals surface area contributed by atoms with Crippen LogP contribution < -0.4 is 4.74 Å². The predicted molar refractivity (Wildman–Crippen MR) is 95.6 cm³/mol. The summed E-state index contributed by atoms with van der Waals surface area (Å²) in [6, 6.07) is 12.6. The molecule has 5 nitrogen and oxygen atoms in total. The number of para-hydroxylation sites is 1. The molecule has 24 heavy (non-hydrogen) atoms. The zero-order chi connectivity index (χ0) is 17.1. The molecule has 0 amide bonds. The van der Waals surface area contributed by atoms with Gasteiger partial charge in [-0.25, -0.2) is 0 Å². The zero-order valence-corrected chi connectivity index (χ0v) is 14.1. The Balaban J connectivity index is 1.82. The van der Waals surface area contributed by atoms with Crippen molar-refractivity contribution < 1.29 is 9.84 Å². The number of hydrogen-bond acceptors (Lipinski definition) is 4. The van der Waals surface area contributed by atoms with E-state index in [9.17, 15) is 10.0 Å². The number of benzene rings is 2. The minimum atomic E-state index is -0.219. The van der Waals surface area contributed by atoms with Gasteiger partial charge in [0.25, 0.3) is 0 Å². The monoisotopic (exact) mass is 364 g/mol. The molecule has 0 radical (unpaired) electrons. The molecule has 0 fully saturated rings. The van der Waals surface area contributed by atoms with Crippen LogP contribution in [0.3, 0.4) is 0 Å². The van der Waals surface area contributed by atoms with Gasteiger partial charge in [0.1, 0.15) is 5.75 Å². The Morgan fingerprint density at radius 3 is 2.58 bits per heavy atom. The molecule has 0 saturated carbocycles. The molecule has 0 atom stereocenters. The zero-order valence-electron chi connectivity index (χ0n) is 12.6. The highest BCUT2D eigenvalue weighted by atomic mass is 35.5. The lowest BCUT2D eigenvalue weighted by Gasteiger charge is -2.10. The van der Waals surface area contributed by atoms with E-state index in [2.05, 4.69) is 5.18 Å². The summed E-state index contributed by atoms with van der Waals surface area (Å²) in [6.07, 6.45) is 0.605. The highest BCUT2D eigenvalue weighted by molar-refractivity contribution is 6.45. The molecule has 0 aliphatic carbocycles. The maximum absolute atomic E-state index is 11.0. The lowest BCUT2D eigenvalue weighted by molar-refractivity contribution is 0.298. The second-order valence-electron chi connectivity index (χ2n) is 5.19. The molecule has 1 N–H and O–H groups in total. The molecule has 0 spiro atoms. The summed E-state index contributed by atoms with van der Waals surface area (Å²) in [4.78, 5) is 11.0. The van der Waals surface area contributed by atoms with Crippen molar-refractivity contribution in [3.05, 3.63) is 57.4 Å². The lowest BCUT2D eigenvalue weighted by atomic mass is 10.2. The molecule has 0 unspecified atom stereocenters. The number of fused-ring (bicyclic) bond motifs is 1. The van der Waals surface area contributed by atoms with Crippen molar-refractivity contribution in [3.63, 3.8) is 0 Å². The van der Waals surface area contributed by atoms with E-state index in [0.717, 1.165) is 5.75 Å². The number of nitroso groups, excluding NO2 is 1. The van der Waals surface area contributed by atoms with Crippen molar-refractivity contribution in [1.29, 1.82) is 0 Å². The second kappa shape index (κ2) is 7.11. The summed E-state index contributed by atoms with van der Waals surface area (Å²) in [5.74, 6) is 0.555. The summed E-state index contributed by atoms with van der Waals surface area (Å²) < 4.78 is 7.16. The van der Waals surface area contributed by atoms with E-state index < -0.39 is 0 Å². The highest BCUT2D eigenvalue weighted by Gasteiger charge is 2.20. The van der Waals surface area contributed by atoms with Crippen LogP contribution in [0.5, 0.6) is 11.6 Å². The first kappa shape index (κ1) is 16.6. The Morgan fingerprint density at radius 1 is 1.12 bits per heavy atom. The van der Waals surface area contributed by atoms with Crippen LogP contribution >= 0.6 is 23.2 Å². The van der Waals surface area contributed by atoms with E-state index >= 15 is 0 Å². The summed E-state index contributed by atoms with van der Waals surface area (Å²) in [7, 11) is 0. The first-order valence-electron chi connectivity index (χ1n) is 7.34. The van der Waals surface area contributed by atoms with Crippen LogP contribution in [-0.2, 0) is 6.54 Å². The van der Waals surface area contributed by atoms with E-state index in [4.69, 9.17) is 27.9 Å². The van der Waals surface area contributed by atoms with Crippen LogP contribution in [0.4, 0.5) is 5.69 Å². The topological polar surface area (TPSA) is 63.8 Å². The van der Waals surface area contributed by atoms with Gasteiger partial charge in [-0.1, -0.05) is 41.4 Å². The Hall–Kier alpha value is -2.24. The Kier molecular flexibility index (Phi) is 4.92. The molecule has 3 rings (SSSR count). The third-order valence-corrected chi connectivity index (χ3v) is 4.49. The van der Waals surface area contributed by atoms with E-state index in [0.29, 0.717) is 35.5 Å². The van der Waals surface area contributed by atoms with Crippen LogP contribution in [0.15, 0.2) is 47.6 Å². The molecule has 7 heteroatoms. The largest absolute Gasteiger partial charge is 0.494 e. The van der Waals surface area contributed by atoms with Crippen molar-refractivity contribution in [2.45, 2.75) is 13.0 Å². The molecule has 0 aliphatic rings. The first-order valence-corrected chi connectivity index (χ1v) is 8.09. The molecule has 3 aromatic rings. The third kappa shape index (κ3) is 3.05. The van der Waals surface area contributed by atoms with Crippen molar-refractivity contribution in [2.24, 2.45) is 5.18 Å². The van der Waals surface area contributed by atoms with Crippen LogP contribution in [0, 0.1) is 4.91 Å².